The molecule has 0 saturated carbocycles. The number of benzene rings is 1. The first-order valence-electron chi connectivity index (χ1n) is 6.32. The molecular weight excluding hydrogens is 306 g/mol. The van der Waals surface area contributed by atoms with E-state index in [1.165, 1.54) is 17.7 Å². The van der Waals surface area contributed by atoms with Gasteiger partial charge in [-0.15, -0.1) is 11.3 Å². The van der Waals surface area contributed by atoms with E-state index in [9.17, 15) is 4.79 Å². The van der Waals surface area contributed by atoms with Crippen molar-refractivity contribution >= 4 is 44.8 Å². The number of hydrogen-bond acceptors (Lipinski definition) is 5. The minimum atomic E-state index is -0.0231. The van der Waals surface area contributed by atoms with Crippen LogP contribution >= 0.6 is 22.9 Å². The Morgan fingerprint density at radius 3 is 2.95 bits per heavy atom. The molecule has 0 bridgehead atoms. The van der Waals surface area contributed by atoms with Gasteiger partial charge in [-0.3, -0.25) is 4.79 Å². The monoisotopic (exact) mass is 317 g/mol. The third-order valence-corrected chi connectivity index (χ3v) is 4.58. The van der Waals surface area contributed by atoms with Crippen LogP contribution in [0.5, 0.6) is 0 Å². The minimum absolute atomic E-state index is 0.0231. The van der Waals surface area contributed by atoms with Gasteiger partial charge in [0.25, 0.3) is 0 Å². The first kappa shape index (κ1) is 14.0. The summed E-state index contributed by atoms with van der Waals surface area (Å²) in [5.74, 6) is 0.377. The number of nitrogen functional groups attached to an aromatic ring is 1. The van der Waals surface area contributed by atoms with Gasteiger partial charge in [0.15, 0.2) is 5.78 Å². The first-order chi connectivity index (χ1) is 10.1. The van der Waals surface area contributed by atoms with Gasteiger partial charge in [0.05, 0.1) is 15.8 Å². The Morgan fingerprint density at radius 1 is 1.38 bits per heavy atom. The van der Waals surface area contributed by atoms with Crippen molar-refractivity contribution in [2.24, 2.45) is 0 Å². The van der Waals surface area contributed by atoms with Gasteiger partial charge in [-0.1, -0.05) is 23.7 Å². The number of thiophene rings is 1. The molecule has 4 nitrogen and oxygen atoms in total. The molecular formula is C15H12ClN3OS. The second-order valence-electron chi connectivity index (χ2n) is 4.78. The van der Waals surface area contributed by atoms with Gasteiger partial charge in [-0.2, -0.15) is 0 Å². The van der Waals surface area contributed by atoms with Gasteiger partial charge in [-0.05, 0) is 24.1 Å². The van der Waals surface area contributed by atoms with E-state index in [4.69, 9.17) is 17.3 Å². The molecule has 106 valence electrons. The zero-order chi connectivity index (χ0) is 15.0. The Bertz CT molecular complexity index is 844. The van der Waals surface area contributed by atoms with Crippen molar-refractivity contribution in [1.82, 2.24) is 9.97 Å². The van der Waals surface area contributed by atoms with Gasteiger partial charge in [0.1, 0.15) is 12.1 Å². The molecule has 2 N–H and O–H groups in total. The molecule has 0 aliphatic heterocycles. The number of aromatic nitrogens is 2. The lowest BCUT2D eigenvalue weighted by Gasteiger charge is -2.04. The summed E-state index contributed by atoms with van der Waals surface area (Å²) in [6.45, 7) is 1.96. The Hall–Kier alpha value is -1.98. The van der Waals surface area contributed by atoms with E-state index in [1.807, 2.05) is 25.1 Å². The van der Waals surface area contributed by atoms with Gasteiger partial charge >= 0.3 is 0 Å². The van der Waals surface area contributed by atoms with Crippen molar-refractivity contribution < 1.29 is 4.79 Å². The topological polar surface area (TPSA) is 68.9 Å². The number of nitrogens with zero attached hydrogens (tertiary/aromatic N) is 2. The number of Topliss-reactive ketones (excluding diaryl/α,β-unsaturated/α-hetero) is 1. The smallest absolute Gasteiger partial charge is 0.170 e. The molecule has 3 rings (SSSR count). The molecule has 0 aliphatic carbocycles. The summed E-state index contributed by atoms with van der Waals surface area (Å²) in [7, 11) is 0. The van der Waals surface area contributed by atoms with E-state index in [2.05, 4.69) is 9.97 Å². The third kappa shape index (κ3) is 2.62. The van der Waals surface area contributed by atoms with Gasteiger partial charge < -0.3 is 5.73 Å². The number of carbonyl (C=O) groups is 1. The summed E-state index contributed by atoms with van der Waals surface area (Å²) in [5, 5.41) is 2.39. The van der Waals surface area contributed by atoms with E-state index in [-0.39, 0.29) is 12.2 Å². The standard InChI is InChI=1S/C15H12ClN3OS/c1-8-2-3-9(11(16)4-8)5-12(20)10-6-21-14-13(10)18-7-19-15(14)17/h2-4,6-7H,5H2,1H3,(H2,17,18,19). The van der Waals surface area contributed by atoms with Crippen LogP contribution in [0, 0.1) is 6.92 Å². The van der Waals surface area contributed by atoms with Crippen LogP contribution in [0.1, 0.15) is 21.5 Å². The van der Waals surface area contributed by atoms with Crippen molar-refractivity contribution in [2.45, 2.75) is 13.3 Å². The molecule has 0 unspecified atom stereocenters. The summed E-state index contributed by atoms with van der Waals surface area (Å²) in [6.07, 6.45) is 1.62. The number of hydrogen-bond donors (Lipinski definition) is 1. The van der Waals surface area contributed by atoms with Crippen molar-refractivity contribution in [3.05, 3.63) is 51.6 Å². The maximum atomic E-state index is 12.5. The van der Waals surface area contributed by atoms with Crippen LogP contribution in [0.3, 0.4) is 0 Å². The molecule has 21 heavy (non-hydrogen) atoms. The highest BCUT2D eigenvalue weighted by Gasteiger charge is 2.16. The van der Waals surface area contributed by atoms with E-state index >= 15 is 0 Å². The minimum Gasteiger partial charge on any atom is -0.382 e. The molecule has 2 aromatic heterocycles. The van der Waals surface area contributed by atoms with E-state index in [0.29, 0.717) is 21.9 Å². The molecule has 0 amide bonds. The van der Waals surface area contributed by atoms with Crippen molar-refractivity contribution in [2.75, 3.05) is 5.73 Å². The van der Waals surface area contributed by atoms with Crippen LogP contribution in [0.4, 0.5) is 5.82 Å². The molecule has 0 spiro atoms. The molecule has 0 aliphatic rings. The van der Waals surface area contributed by atoms with Gasteiger partial charge in [0, 0.05) is 16.8 Å². The molecule has 0 saturated heterocycles. The number of fused-ring (bicyclic) bond motifs is 1. The van der Waals surface area contributed by atoms with Crippen LogP contribution < -0.4 is 5.73 Å². The lowest BCUT2D eigenvalue weighted by molar-refractivity contribution is 0.0995. The second kappa shape index (κ2) is 5.42. The first-order valence-corrected chi connectivity index (χ1v) is 7.58. The summed E-state index contributed by atoms with van der Waals surface area (Å²) in [5.41, 5.74) is 8.85. The number of halogens is 1. The van der Waals surface area contributed by atoms with Crippen LogP contribution in [-0.2, 0) is 6.42 Å². The third-order valence-electron chi connectivity index (χ3n) is 3.24. The Kier molecular flexibility index (Phi) is 3.61. The van der Waals surface area contributed by atoms with Crippen molar-refractivity contribution in [3.63, 3.8) is 0 Å². The maximum Gasteiger partial charge on any atom is 0.170 e. The fourth-order valence-electron chi connectivity index (χ4n) is 2.13. The molecule has 0 atom stereocenters. The van der Waals surface area contributed by atoms with Crippen LogP contribution in [0.25, 0.3) is 10.2 Å². The predicted molar refractivity (Wildman–Crippen MR) is 86.1 cm³/mol. The van der Waals surface area contributed by atoms with Crippen LogP contribution in [0.15, 0.2) is 29.9 Å². The van der Waals surface area contributed by atoms with E-state index in [1.54, 1.807) is 5.38 Å². The lowest BCUT2D eigenvalue weighted by Crippen LogP contribution is -2.04. The Balaban J connectivity index is 1.96. The molecule has 6 heteroatoms. The number of aryl methyl sites for hydroxylation is 1. The highest BCUT2D eigenvalue weighted by molar-refractivity contribution is 7.18. The number of nitrogens with two attached hydrogens (primary N) is 1. The quantitative estimate of drug-likeness (QED) is 0.748. The molecule has 1 aromatic carbocycles. The highest BCUT2D eigenvalue weighted by Crippen LogP contribution is 2.29. The molecule has 0 radical (unpaired) electrons. The second-order valence-corrected chi connectivity index (χ2v) is 6.07. The average molecular weight is 318 g/mol. The summed E-state index contributed by atoms with van der Waals surface area (Å²) in [4.78, 5) is 20.6. The summed E-state index contributed by atoms with van der Waals surface area (Å²) >= 11 is 7.57. The molecule has 0 fully saturated rings. The predicted octanol–water partition coefficient (Wildman–Crippen LogP) is 3.66. The van der Waals surface area contributed by atoms with Crippen molar-refractivity contribution in [3.8, 4) is 0 Å². The molecule has 3 aromatic rings. The number of rotatable bonds is 3. The zero-order valence-corrected chi connectivity index (χ0v) is 12.8. The maximum absolute atomic E-state index is 12.5. The van der Waals surface area contributed by atoms with Crippen molar-refractivity contribution in [1.29, 1.82) is 0 Å². The Labute approximate surface area is 130 Å². The zero-order valence-electron chi connectivity index (χ0n) is 11.3. The SMILES string of the molecule is Cc1ccc(CC(=O)c2csc3c(N)ncnc23)c(Cl)c1. The lowest BCUT2D eigenvalue weighted by atomic mass is 10.0. The molecule has 2 heterocycles. The fourth-order valence-corrected chi connectivity index (χ4v) is 3.36. The van der Waals surface area contributed by atoms with E-state index < -0.39 is 0 Å². The number of carbonyl (C=O) groups excluding carboxylic acids is 1. The number of anilines is 1. The normalized spacial score (nSPS) is 11.0. The average Bonchev–Trinajstić information content (AvgIpc) is 2.87. The highest BCUT2D eigenvalue weighted by atomic mass is 35.5. The van der Waals surface area contributed by atoms with Crippen LogP contribution in [0.2, 0.25) is 5.02 Å². The summed E-state index contributed by atoms with van der Waals surface area (Å²) < 4.78 is 0.746. The van der Waals surface area contributed by atoms with E-state index in [0.717, 1.165) is 15.8 Å². The number of ketones is 1. The van der Waals surface area contributed by atoms with Gasteiger partial charge in [-0.25, -0.2) is 9.97 Å². The fraction of sp³-hybridized carbons (Fsp3) is 0.133. The summed E-state index contributed by atoms with van der Waals surface area (Å²) in [6, 6.07) is 5.68. The Morgan fingerprint density at radius 2 is 2.19 bits per heavy atom. The largest absolute Gasteiger partial charge is 0.382 e. The van der Waals surface area contributed by atoms with Crippen LogP contribution in [-0.4, -0.2) is 15.8 Å². The van der Waals surface area contributed by atoms with Gasteiger partial charge in [0.2, 0.25) is 0 Å².